The second-order valence-corrected chi connectivity index (χ2v) is 4.83. The summed E-state index contributed by atoms with van der Waals surface area (Å²) >= 11 is 13.9. The summed E-state index contributed by atoms with van der Waals surface area (Å²) in [6, 6.07) is 0. The van der Waals surface area contributed by atoms with Crippen molar-refractivity contribution in [1.82, 2.24) is 0 Å². The first-order valence-corrected chi connectivity index (χ1v) is 3.75. The van der Waals surface area contributed by atoms with E-state index in [-0.39, 0.29) is 6.42 Å². The quantitative estimate of drug-likeness (QED) is 0.702. The molecule has 1 fully saturated rings. The lowest BCUT2D eigenvalue weighted by Gasteiger charge is -2.00. The minimum Gasteiger partial charge on any atom is -0.480 e. The fraction of sp³-hybridized carbons (Fsp3) is 0.750. The Morgan fingerprint density at radius 1 is 1.67 bits per heavy atom. The van der Waals surface area contributed by atoms with Gasteiger partial charge in [0.25, 0.3) is 0 Å². The van der Waals surface area contributed by atoms with E-state index in [1.807, 2.05) is 0 Å². The number of halogens is 3. The van der Waals surface area contributed by atoms with Crippen LogP contribution in [-0.2, 0) is 4.79 Å². The minimum absolute atomic E-state index is 0.262. The summed E-state index contributed by atoms with van der Waals surface area (Å²) in [7, 11) is 0. The number of hydrogen-bond acceptors (Lipinski definition) is 1. The molecule has 2 nitrogen and oxygen atoms in total. The molecule has 1 atom stereocenters. The van der Waals surface area contributed by atoms with E-state index in [9.17, 15) is 4.79 Å². The van der Waals surface area contributed by atoms with E-state index in [4.69, 9.17) is 28.3 Å². The maximum Gasteiger partial charge on any atom is 0.323 e. The molecule has 0 amide bonds. The summed E-state index contributed by atoms with van der Waals surface area (Å²) in [6.45, 7) is 0. The lowest BCUT2D eigenvalue weighted by Crippen LogP contribution is -2.20. The summed E-state index contributed by atoms with van der Waals surface area (Å²) in [6.07, 6.45) is 0.262. The van der Waals surface area contributed by atoms with Crippen molar-refractivity contribution in [2.45, 2.75) is 15.1 Å². The van der Waals surface area contributed by atoms with Crippen LogP contribution in [0.2, 0.25) is 0 Å². The average molecular weight is 234 g/mol. The van der Waals surface area contributed by atoms with Crippen molar-refractivity contribution >= 4 is 45.1 Å². The first-order chi connectivity index (χ1) is 3.90. The number of aliphatic carboxylic acids is 1. The van der Waals surface area contributed by atoms with Gasteiger partial charge in [-0.1, -0.05) is 39.1 Å². The van der Waals surface area contributed by atoms with Crippen LogP contribution in [0.25, 0.3) is 0 Å². The van der Waals surface area contributed by atoms with Gasteiger partial charge in [-0.2, -0.15) is 0 Å². The molecular weight excluding hydrogens is 231 g/mol. The lowest BCUT2D eigenvalue weighted by atomic mass is 10.4. The zero-order valence-electron chi connectivity index (χ0n) is 4.20. The van der Waals surface area contributed by atoms with Crippen molar-refractivity contribution in [2.75, 3.05) is 0 Å². The summed E-state index contributed by atoms with van der Waals surface area (Å²) in [5.41, 5.74) is 0. The number of alkyl halides is 3. The second-order valence-electron chi connectivity index (χ2n) is 1.99. The molecular formula is C4H3BrCl2O2. The summed E-state index contributed by atoms with van der Waals surface area (Å²) in [4.78, 5) is 10.3. The molecule has 1 aliphatic carbocycles. The molecule has 5 heteroatoms. The molecule has 1 saturated carbocycles. The zero-order valence-corrected chi connectivity index (χ0v) is 7.29. The molecule has 1 rings (SSSR count). The van der Waals surface area contributed by atoms with Crippen molar-refractivity contribution < 1.29 is 9.90 Å². The standard InChI is InChI=1S/C4H3BrCl2O2/c5-3(2(8)9)1-4(3,6)7/h1H2,(H,8,9). The Balaban J connectivity index is 2.74. The molecule has 1 aliphatic rings. The molecule has 0 radical (unpaired) electrons. The highest BCUT2D eigenvalue weighted by atomic mass is 79.9. The molecule has 0 heterocycles. The number of rotatable bonds is 1. The van der Waals surface area contributed by atoms with Gasteiger partial charge in [0.15, 0.2) is 4.32 Å². The zero-order chi connectivity index (χ0) is 7.28. The van der Waals surface area contributed by atoms with Gasteiger partial charge in [0, 0.05) is 6.42 Å². The normalized spacial score (nSPS) is 38.1. The molecule has 0 spiro atoms. The Morgan fingerprint density at radius 2 is 2.00 bits per heavy atom. The van der Waals surface area contributed by atoms with Crippen molar-refractivity contribution in [1.29, 1.82) is 0 Å². The van der Waals surface area contributed by atoms with Gasteiger partial charge in [-0.15, -0.1) is 0 Å². The highest BCUT2D eigenvalue weighted by molar-refractivity contribution is 9.10. The number of carbonyl (C=O) groups is 1. The van der Waals surface area contributed by atoms with Crippen LogP contribution in [0.4, 0.5) is 0 Å². The molecule has 1 N–H and O–H groups in total. The molecule has 0 aliphatic heterocycles. The minimum atomic E-state index is -1.11. The van der Waals surface area contributed by atoms with Crippen LogP contribution >= 0.6 is 39.1 Å². The predicted octanol–water partition coefficient (Wildman–Crippen LogP) is 1.78. The van der Waals surface area contributed by atoms with Gasteiger partial charge in [0.1, 0.15) is 4.33 Å². The van der Waals surface area contributed by atoms with Crippen LogP contribution in [0.3, 0.4) is 0 Å². The summed E-state index contributed by atoms with van der Waals surface area (Å²) in [5, 5.41) is 8.43. The maximum atomic E-state index is 10.3. The van der Waals surface area contributed by atoms with Crippen molar-refractivity contribution in [2.24, 2.45) is 0 Å². The summed E-state index contributed by atoms with van der Waals surface area (Å²) in [5.74, 6) is -1.01. The Hall–Kier alpha value is 0.530. The van der Waals surface area contributed by atoms with E-state index in [1.54, 1.807) is 0 Å². The van der Waals surface area contributed by atoms with Gasteiger partial charge < -0.3 is 5.11 Å². The van der Waals surface area contributed by atoms with Gasteiger partial charge in [-0.25, -0.2) is 0 Å². The smallest absolute Gasteiger partial charge is 0.323 e. The number of carboxylic acid groups (broad SMARTS) is 1. The van der Waals surface area contributed by atoms with E-state index in [0.717, 1.165) is 0 Å². The third kappa shape index (κ3) is 0.954. The molecule has 1 unspecified atom stereocenters. The van der Waals surface area contributed by atoms with Crippen molar-refractivity contribution in [3.05, 3.63) is 0 Å². The van der Waals surface area contributed by atoms with Crippen molar-refractivity contribution in [3.63, 3.8) is 0 Å². The monoisotopic (exact) mass is 232 g/mol. The maximum absolute atomic E-state index is 10.3. The Kier molecular flexibility index (Phi) is 1.50. The van der Waals surface area contributed by atoms with Crippen LogP contribution < -0.4 is 0 Å². The first kappa shape index (κ1) is 7.63. The molecule has 0 aromatic carbocycles. The molecule has 0 saturated heterocycles. The average Bonchev–Trinajstić information content (AvgIpc) is 2.08. The van der Waals surface area contributed by atoms with Crippen LogP contribution in [0, 0.1) is 0 Å². The molecule has 9 heavy (non-hydrogen) atoms. The van der Waals surface area contributed by atoms with Gasteiger partial charge in [-0.3, -0.25) is 4.79 Å². The van der Waals surface area contributed by atoms with Crippen LogP contribution in [0.5, 0.6) is 0 Å². The van der Waals surface area contributed by atoms with Gasteiger partial charge in [-0.05, 0) is 0 Å². The highest BCUT2D eigenvalue weighted by Gasteiger charge is 2.70. The van der Waals surface area contributed by atoms with Crippen molar-refractivity contribution in [3.8, 4) is 0 Å². The third-order valence-electron chi connectivity index (χ3n) is 1.26. The van der Waals surface area contributed by atoms with Crippen LogP contribution in [-0.4, -0.2) is 19.7 Å². The van der Waals surface area contributed by atoms with Gasteiger partial charge in [0.2, 0.25) is 0 Å². The van der Waals surface area contributed by atoms with Crippen LogP contribution in [0.1, 0.15) is 6.42 Å². The van der Waals surface area contributed by atoms with E-state index < -0.39 is 14.6 Å². The fourth-order valence-corrected chi connectivity index (χ4v) is 1.80. The predicted molar refractivity (Wildman–Crippen MR) is 38.3 cm³/mol. The van der Waals surface area contributed by atoms with E-state index in [2.05, 4.69) is 15.9 Å². The number of hydrogen-bond donors (Lipinski definition) is 1. The van der Waals surface area contributed by atoms with Crippen LogP contribution in [0.15, 0.2) is 0 Å². The fourth-order valence-electron chi connectivity index (χ4n) is 0.494. The summed E-state index contributed by atoms with van der Waals surface area (Å²) < 4.78 is -2.21. The van der Waals surface area contributed by atoms with E-state index in [0.29, 0.717) is 0 Å². The Morgan fingerprint density at radius 3 is 2.00 bits per heavy atom. The Bertz CT molecular complexity index is 170. The molecule has 0 aromatic rings. The molecule has 52 valence electrons. The lowest BCUT2D eigenvalue weighted by molar-refractivity contribution is -0.137. The van der Waals surface area contributed by atoms with Gasteiger partial charge >= 0.3 is 5.97 Å². The SMILES string of the molecule is O=C(O)C1(Br)CC1(Cl)Cl. The topological polar surface area (TPSA) is 37.3 Å². The van der Waals surface area contributed by atoms with E-state index >= 15 is 0 Å². The van der Waals surface area contributed by atoms with Gasteiger partial charge in [0.05, 0.1) is 0 Å². The highest BCUT2D eigenvalue weighted by Crippen LogP contribution is 2.62. The second kappa shape index (κ2) is 1.77. The largest absolute Gasteiger partial charge is 0.480 e. The first-order valence-electron chi connectivity index (χ1n) is 2.20. The Labute approximate surface area is 70.3 Å². The number of carboxylic acids is 1. The van der Waals surface area contributed by atoms with E-state index in [1.165, 1.54) is 0 Å². The molecule has 0 bridgehead atoms. The third-order valence-corrected chi connectivity index (χ3v) is 3.92. The molecule has 0 aromatic heterocycles.